The van der Waals surface area contributed by atoms with Crippen molar-refractivity contribution >= 4 is 23.5 Å². The van der Waals surface area contributed by atoms with Crippen LogP contribution in [0.2, 0.25) is 0 Å². The Morgan fingerprint density at radius 3 is 2.29 bits per heavy atom. The second-order valence-electron chi connectivity index (χ2n) is 9.23. The smallest absolute Gasteiger partial charge is 0.0594 e. The van der Waals surface area contributed by atoms with Crippen molar-refractivity contribution in [1.82, 2.24) is 20.4 Å². The number of morpholine rings is 1. The van der Waals surface area contributed by atoms with Gasteiger partial charge in [0, 0.05) is 79.7 Å². The Kier molecular flexibility index (Phi) is 12.3. The van der Waals surface area contributed by atoms with Gasteiger partial charge >= 0.3 is 0 Å². The Morgan fingerprint density at radius 1 is 0.771 bits per heavy atom. The van der Waals surface area contributed by atoms with E-state index in [4.69, 9.17) is 4.74 Å². The van der Waals surface area contributed by atoms with E-state index >= 15 is 0 Å². The van der Waals surface area contributed by atoms with E-state index in [1.54, 1.807) is 0 Å². The van der Waals surface area contributed by atoms with Gasteiger partial charge in [-0.1, -0.05) is 30.3 Å². The zero-order valence-corrected chi connectivity index (χ0v) is 22.6. The second-order valence-corrected chi connectivity index (χ2v) is 11.6. The van der Waals surface area contributed by atoms with Gasteiger partial charge in [0.05, 0.1) is 13.2 Å². The van der Waals surface area contributed by atoms with E-state index in [0.717, 1.165) is 77.1 Å². The number of nitrogens with one attached hydrogen (secondary N) is 2. The molecule has 2 aromatic carbocycles. The van der Waals surface area contributed by atoms with Crippen molar-refractivity contribution in [1.29, 1.82) is 0 Å². The molecular weight excluding hydrogens is 472 g/mol. The highest BCUT2D eigenvalue weighted by Crippen LogP contribution is 2.33. The van der Waals surface area contributed by atoms with Crippen molar-refractivity contribution in [3.8, 4) is 0 Å². The minimum atomic E-state index is 0.572. The van der Waals surface area contributed by atoms with Gasteiger partial charge in [0.25, 0.3) is 0 Å². The Balaban J connectivity index is 1.10. The van der Waals surface area contributed by atoms with Crippen LogP contribution in [0.1, 0.15) is 24.4 Å². The summed E-state index contributed by atoms with van der Waals surface area (Å²) in [4.78, 5) is 7.92. The molecule has 7 heteroatoms. The van der Waals surface area contributed by atoms with Gasteiger partial charge in [-0.25, -0.2) is 0 Å². The lowest BCUT2D eigenvalue weighted by Crippen LogP contribution is -2.40. The Labute approximate surface area is 220 Å². The number of hydrogen-bond donors (Lipinski definition) is 2. The van der Waals surface area contributed by atoms with Crippen LogP contribution in [0.5, 0.6) is 0 Å². The second kappa shape index (κ2) is 15.9. The Morgan fingerprint density at radius 2 is 1.49 bits per heavy atom. The van der Waals surface area contributed by atoms with E-state index in [2.05, 4.69) is 75.0 Å². The minimum absolute atomic E-state index is 0.572. The summed E-state index contributed by atoms with van der Waals surface area (Å²) in [6.07, 6.45) is 2.58. The quantitative estimate of drug-likeness (QED) is 0.272. The largest absolute Gasteiger partial charge is 0.379 e. The minimum Gasteiger partial charge on any atom is -0.379 e. The summed E-state index contributed by atoms with van der Waals surface area (Å²) in [5.41, 5.74) is 1.49. The molecule has 2 N–H and O–H groups in total. The predicted octanol–water partition coefficient (Wildman–Crippen LogP) is 4.22. The summed E-state index contributed by atoms with van der Waals surface area (Å²) < 4.78 is 5.42. The summed E-state index contributed by atoms with van der Waals surface area (Å²) in [5, 5.41) is 7.26. The normalized spacial score (nSPS) is 19.4. The van der Waals surface area contributed by atoms with Gasteiger partial charge in [-0.05, 0) is 49.2 Å². The van der Waals surface area contributed by atoms with Crippen molar-refractivity contribution in [3.05, 3.63) is 60.2 Å². The average molecular weight is 515 g/mol. The topological polar surface area (TPSA) is 39.8 Å². The van der Waals surface area contributed by atoms with Gasteiger partial charge in [-0.2, -0.15) is 0 Å². The van der Waals surface area contributed by atoms with Crippen LogP contribution in [0.3, 0.4) is 0 Å². The molecule has 5 nitrogen and oxygen atoms in total. The third-order valence-corrected chi connectivity index (χ3v) is 8.74. The van der Waals surface area contributed by atoms with E-state index in [9.17, 15) is 0 Å². The number of thioether (sulfide) groups is 2. The summed E-state index contributed by atoms with van der Waals surface area (Å²) in [5.74, 6) is 2.24. The van der Waals surface area contributed by atoms with Crippen LogP contribution in [0.25, 0.3) is 0 Å². The zero-order valence-electron chi connectivity index (χ0n) is 21.0. The maximum Gasteiger partial charge on any atom is 0.0594 e. The van der Waals surface area contributed by atoms with Crippen LogP contribution in [0.15, 0.2) is 64.4 Å². The zero-order chi connectivity index (χ0) is 24.0. The van der Waals surface area contributed by atoms with Gasteiger partial charge in [0.1, 0.15) is 0 Å². The molecular formula is C28H42N4OS2. The maximum absolute atomic E-state index is 5.42. The van der Waals surface area contributed by atoms with Gasteiger partial charge in [0.2, 0.25) is 0 Å². The van der Waals surface area contributed by atoms with Gasteiger partial charge in [-0.15, -0.1) is 23.5 Å². The standard InChI is InChI=1S/C28H42N4OS2/c1-2-7-26(8-3-1)34-22-13-30-12-17-32-15-5-10-28(32)25-6-4-9-27(24-25)35-23-14-29-11-16-31-18-20-33-21-19-31/h1-4,6-9,24,28-30H,5,10-23H2. The number of nitrogens with zero attached hydrogens (tertiary/aromatic N) is 2. The number of hydrogen-bond acceptors (Lipinski definition) is 7. The van der Waals surface area contributed by atoms with Crippen molar-refractivity contribution < 1.29 is 4.74 Å². The maximum atomic E-state index is 5.42. The number of rotatable bonds is 15. The van der Waals surface area contributed by atoms with E-state index in [1.807, 2.05) is 23.5 Å². The summed E-state index contributed by atoms with van der Waals surface area (Å²) in [7, 11) is 0. The fourth-order valence-corrected chi connectivity index (χ4v) is 6.52. The van der Waals surface area contributed by atoms with Crippen LogP contribution in [-0.4, -0.2) is 93.4 Å². The van der Waals surface area contributed by atoms with Gasteiger partial charge < -0.3 is 15.4 Å². The molecule has 0 saturated carbocycles. The Bertz CT molecular complexity index is 835. The first kappa shape index (κ1) is 27.0. The molecule has 4 rings (SSSR count). The molecule has 0 bridgehead atoms. The van der Waals surface area contributed by atoms with Crippen molar-refractivity contribution in [3.63, 3.8) is 0 Å². The van der Waals surface area contributed by atoms with Crippen molar-refractivity contribution in [2.24, 2.45) is 0 Å². The lowest BCUT2D eigenvalue weighted by atomic mass is 10.0. The summed E-state index contributed by atoms with van der Waals surface area (Å²) in [6, 6.07) is 20.5. The lowest BCUT2D eigenvalue weighted by molar-refractivity contribution is 0.0385. The Hall–Kier alpha value is -1.06. The molecule has 2 aliphatic rings. The molecule has 2 fully saturated rings. The molecule has 0 aromatic heterocycles. The summed E-state index contributed by atoms with van der Waals surface area (Å²) >= 11 is 3.91. The molecule has 2 aliphatic heterocycles. The highest BCUT2D eigenvalue weighted by atomic mass is 32.2. The molecule has 35 heavy (non-hydrogen) atoms. The first-order valence-corrected chi connectivity index (χ1v) is 15.2. The molecule has 0 aliphatic carbocycles. The monoisotopic (exact) mass is 514 g/mol. The molecule has 0 spiro atoms. The van der Waals surface area contributed by atoms with E-state index < -0.39 is 0 Å². The third-order valence-electron chi connectivity index (χ3n) is 6.73. The molecule has 0 amide bonds. The highest BCUT2D eigenvalue weighted by molar-refractivity contribution is 7.99. The molecule has 2 heterocycles. The van der Waals surface area contributed by atoms with Crippen LogP contribution < -0.4 is 10.6 Å². The molecule has 2 saturated heterocycles. The molecule has 1 atom stereocenters. The predicted molar refractivity (Wildman–Crippen MR) is 151 cm³/mol. The van der Waals surface area contributed by atoms with E-state index in [-0.39, 0.29) is 0 Å². The fourth-order valence-electron chi connectivity index (χ4n) is 4.82. The van der Waals surface area contributed by atoms with E-state index in [0.29, 0.717) is 6.04 Å². The van der Waals surface area contributed by atoms with Crippen LogP contribution in [0.4, 0.5) is 0 Å². The SMILES string of the molecule is c1ccc(SCCNCCN2CCCC2c2cccc(SCCNCCN3CCOCC3)c2)cc1. The summed E-state index contributed by atoms with van der Waals surface area (Å²) in [6.45, 7) is 11.6. The highest BCUT2D eigenvalue weighted by Gasteiger charge is 2.25. The lowest BCUT2D eigenvalue weighted by Gasteiger charge is -2.26. The van der Waals surface area contributed by atoms with E-state index in [1.165, 1.54) is 34.7 Å². The average Bonchev–Trinajstić information content (AvgIpc) is 3.38. The third kappa shape index (κ3) is 9.73. The van der Waals surface area contributed by atoms with Crippen LogP contribution >= 0.6 is 23.5 Å². The van der Waals surface area contributed by atoms with Crippen molar-refractivity contribution in [2.75, 3.05) is 83.6 Å². The number of ether oxygens (including phenoxy) is 1. The first-order valence-electron chi connectivity index (χ1n) is 13.2. The van der Waals surface area contributed by atoms with Gasteiger partial charge in [-0.3, -0.25) is 9.80 Å². The molecule has 192 valence electrons. The number of likely N-dealkylation sites (tertiary alicyclic amines) is 1. The first-order chi connectivity index (χ1) is 17.4. The molecule has 0 radical (unpaired) electrons. The molecule has 2 aromatic rings. The van der Waals surface area contributed by atoms with Gasteiger partial charge in [0.15, 0.2) is 0 Å². The van der Waals surface area contributed by atoms with Crippen molar-refractivity contribution in [2.45, 2.75) is 28.7 Å². The van der Waals surface area contributed by atoms with Crippen LogP contribution in [0, 0.1) is 0 Å². The van der Waals surface area contributed by atoms with Crippen LogP contribution in [-0.2, 0) is 4.74 Å². The molecule has 1 unspecified atom stereocenters. The fraction of sp³-hybridized carbons (Fsp3) is 0.571. The number of benzene rings is 2.